The number of nitrogens with zero attached hydrogens (tertiary/aromatic N) is 1. The highest BCUT2D eigenvalue weighted by Gasteiger charge is 2.28. The van der Waals surface area contributed by atoms with E-state index < -0.39 is 12.1 Å². The van der Waals surface area contributed by atoms with Crippen LogP contribution in [-0.2, 0) is 20.7 Å². The lowest BCUT2D eigenvalue weighted by molar-refractivity contribution is -0.153. The van der Waals surface area contributed by atoms with Gasteiger partial charge in [0.05, 0.1) is 12.6 Å². The maximum absolute atomic E-state index is 12.3. The van der Waals surface area contributed by atoms with Gasteiger partial charge in [-0.2, -0.15) is 11.8 Å². The zero-order chi connectivity index (χ0) is 25.1. The lowest BCUT2D eigenvalue weighted by Crippen LogP contribution is -2.33. The van der Waals surface area contributed by atoms with Crippen molar-refractivity contribution >= 4 is 23.6 Å². The fraction of sp³-hybridized carbons (Fsp3) is 0.655. The molecule has 2 atom stereocenters. The van der Waals surface area contributed by atoms with Crippen molar-refractivity contribution in [2.75, 3.05) is 24.7 Å². The molecular weight excluding hydrogens is 458 g/mol. The topological polar surface area (TPSA) is 66.8 Å². The van der Waals surface area contributed by atoms with E-state index >= 15 is 0 Å². The summed E-state index contributed by atoms with van der Waals surface area (Å²) in [7, 11) is 0. The van der Waals surface area contributed by atoms with Crippen LogP contribution in [0.25, 0.3) is 0 Å². The average molecular weight is 504 g/mol. The third-order valence-electron chi connectivity index (χ3n) is 6.44. The number of unbranched alkanes of at least 4 members (excludes halogenated alkanes) is 6. The minimum atomic E-state index is -1.05. The van der Waals surface area contributed by atoms with Gasteiger partial charge in [0.1, 0.15) is 0 Å². The molecule has 2 rings (SSSR count). The van der Waals surface area contributed by atoms with Crippen LogP contribution in [0.5, 0.6) is 0 Å². The molecule has 196 valence electrons. The van der Waals surface area contributed by atoms with Gasteiger partial charge in [0.25, 0.3) is 0 Å². The van der Waals surface area contributed by atoms with Crippen molar-refractivity contribution in [1.29, 1.82) is 0 Å². The second-order valence-electron chi connectivity index (χ2n) is 9.35. The number of carbonyl (C=O) groups is 2. The summed E-state index contributed by atoms with van der Waals surface area (Å²) >= 11 is 1.67. The van der Waals surface area contributed by atoms with E-state index in [-0.39, 0.29) is 11.9 Å². The minimum Gasteiger partial charge on any atom is -0.464 e. The number of hydrogen-bond acceptors (Lipinski definition) is 5. The number of thioether (sulfide) groups is 1. The summed E-state index contributed by atoms with van der Waals surface area (Å²) in [5, 5.41) is 9.90. The number of esters is 1. The summed E-state index contributed by atoms with van der Waals surface area (Å²) < 4.78 is 5.05. The molecule has 5 nitrogen and oxygen atoms in total. The number of allylic oxidation sites excluding steroid dienone is 1. The number of hydrogen-bond donors (Lipinski definition) is 1. The van der Waals surface area contributed by atoms with E-state index in [0.29, 0.717) is 25.2 Å². The lowest BCUT2D eigenvalue weighted by atomic mass is 10.0. The van der Waals surface area contributed by atoms with Crippen LogP contribution in [0.1, 0.15) is 83.1 Å². The predicted molar refractivity (Wildman–Crippen MR) is 146 cm³/mol. The zero-order valence-electron chi connectivity index (χ0n) is 21.5. The van der Waals surface area contributed by atoms with Crippen molar-refractivity contribution in [2.45, 2.75) is 96.1 Å². The summed E-state index contributed by atoms with van der Waals surface area (Å²) in [6.45, 7) is 3.12. The van der Waals surface area contributed by atoms with Gasteiger partial charge in [-0.1, -0.05) is 75.1 Å². The van der Waals surface area contributed by atoms with Crippen LogP contribution >= 0.6 is 11.8 Å². The van der Waals surface area contributed by atoms with Crippen molar-refractivity contribution in [3.05, 3.63) is 48.0 Å². The minimum absolute atomic E-state index is 0.216. The molecule has 0 saturated carbocycles. The molecule has 1 amide bonds. The van der Waals surface area contributed by atoms with Crippen molar-refractivity contribution in [3.63, 3.8) is 0 Å². The third kappa shape index (κ3) is 12.6. The SMILES string of the molecule is CCCCOC(=O)C(O)CCSCCN1C(=O)CC[C@@H]1C=CCCCCCCCc1ccccc1. The Balaban J connectivity index is 1.51. The molecule has 1 aliphatic rings. The monoisotopic (exact) mass is 503 g/mol. The van der Waals surface area contributed by atoms with E-state index in [1.54, 1.807) is 11.8 Å². The van der Waals surface area contributed by atoms with Crippen LogP contribution in [0.3, 0.4) is 0 Å². The quantitative estimate of drug-likeness (QED) is 0.144. The third-order valence-corrected chi connectivity index (χ3v) is 7.43. The molecule has 0 bridgehead atoms. The molecule has 35 heavy (non-hydrogen) atoms. The number of amides is 1. The molecular formula is C29H45NO4S. The highest BCUT2D eigenvalue weighted by atomic mass is 32.2. The van der Waals surface area contributed by atoms with Gasteiger partial charge in [-0.15, -0.1) is 0 Å². The van der Waals surface area contributed by atoms with E-state index in [1.165, 1.54) is 44.1 Å². The van der Waals surface area contributed by atoms with Gasteiger partial charge in [-0.3, -0.25) is 4.79 Å². The highest BCUT2D eigenvalue weighted by Crippen LogP contribution is 2.21. The summed E-state index contributed by atoms with van der Waals surface area (Å²) in [5.41, 5.74) is 1.43. The lowest BCUT2D eigenvalue weighted by Gasteiger charge is -2.22. The van der Waals surface area contributed by atoms with E-state index in [2.05, 4.69) is 42.5 Å². The second-order valence-corrected chi connectivity index (χ2v) is 10.6. The first-order valence-corrected chi connectivity index (χ1v) is 14.7. The number of carbonyl (C=O) groups excluding carboxylic acids is 2. The van der Waals surface area contributed by atoms with Crippen molar-refractivity contribution in [1.82, 2.24) is 4.90 Å². The molecule has 1 aromatic carbocycles. The van der Waals surface area contributed by atoms with Crippen LogP contribution < -0.4 is 0 Å². The van der Waals surface area contributed by atoms with Gasteiger partial charge in [0, 0.05) is 18.7 Å². The maximum Gasteiger partial charge on any atom is 0.334 e. The zero-order valence-corrected chi connectivity index (χ0v) is 22.4. The first-order chi connectivity index (χ1) is 17.1. The van der Waals surface area contributed by atoms with E-state index in [4.69, 9.17) is 4.74 Å². The number of aliphatic hydroxyl groups excluding tert-OH is 1. The van der Waals surface area contributed by atoms with E-state index in [1.807, 2.05) is 11.8 Å². The predicted octanol–water partition coefficient (Wildman–Crippen LogP) is 5.94. The van der Waals surface area contributed by atoms with Gasteiger partial charge in [0.2, 0.25) is 5.91 Å². The molecule has 0 aromatic heterocycles. The van der Waals surface area contributed by atoms with Gasteiger partial charge in [-0.05, 0) is 56.3 Å². The molecule has 1 heterocycles. The van der Waals surface area contributed by atoms with Crippen LogP contribution in [-0.4, -0.2) is 58.7 Å². The number of likely N-dealkylation sites (tertiary alicyclic amines) is 1. The number of aliphatic hydroxyl groups is 1. The molecule has 0 aliphatic carbocycles. The van der Waals surface area contributed by atoms with Crippen LogP contribution in [0.4, 0.5) is 0 Å². The molecule has 1 unspecified atom stereocenters. The Bertz CT molecular complexity index is 739. The molecule has 0 spiro atoms. The average Bonchev–Trinajstić information content (AvgIpc) is 3.22. The number of benzene rings is 1. The molecule has 1 N–H and O–H groups in total. The Morgan fingerprint density at radius 1 is 1.14 bits per heavy atom. The molecule has 1 saturated heterocycles. The summed E-state index contributed by atoms with van der Waals surface area (Å²) in [4.78, 5) is 26.0. The van der Waals surface area contributed by atoms with Crippen LogP contribution in [0, 0.1) is 0 Å². The normalized spacial score (nSPS) is 16.8. The largest absolute Gasteiger partial charge is 0.464 e. The van der Waals surface area contributed by atoms with Crippen LogP contribution in [0.15, 0.2) is 42.5 Å². The fourth-order valence-electron chi connectivity index (χ4n) is 4.26. The standard InChI is InChI=1S/C29H45NO4S/c1-2-3-22-34-29(33)27(31)20-23-35-24-21-30-26(18-19-28(30)32)17-13-8-6-4-5-7-10-14-25-15-11-9-12-16-25/h9,11-13,15-17,26-27,31H,2-8,10,14,18-24H2,1H3/t26-,27?/m0/s1. The molecule has 1 aromatic rings. The van der Waals surface area contributed by atoms with Gasteiger partial charge >= 0.3 is 5.97 Å². The van der Waals surface area contributed by atoms with Gasteiger partial charge in [0.15, 0.2) is 6.10 Å². The number of rotatable bonds is 19. The summed E-state index contributed by atoms with van der Waals surface area (Å²) in [5.74, 6) is 1.21. The Kier molecular flexibility index (Phi) is 15.5. The second kappa shape index (κ2) is 18.5. The molecule has 6 heteroatoms. The van der Waals surface area contributed by atoms with Gasteiger partial charge < -0.3 is 14.7 Å². The number of aryl methyl sites for hydroxylation is 1. The van der Waals surface area contributed by atoms with Crippen molar-refractivity contribution < 1.29 is 19.4 Å². The Morgan fingerprint density at radius 2 is 1.91 bits per heavy atom. The van der Waals surface area contributed by atoms with Crippen LogP contribution in [0.2, 0.25) is 0 Å². The van der Waals surface area contributed by atoms with Crippen molar-refractivity contribution in [2.24, 2.45) is 0 Å². The summed E-state index contributed by atoms with van der Waals surface area (Å²) in [6, 6.07) is 10.9. The van der Waals surface area contributed by atoms with Gasteiger partial charge in [-0.25, -0.2) is 4.79 Å². The number of ether oxygens (including phenoxy) is 1. The molecule has 1 fully saturated rings. The highest BCUT2D eigenvalue weighted by molar-refractivity contribution is 7.99. The van der Waals surface area contributed by atoms with E-state index in [9.17, 15) is 14.7 Å². The Hall–Kier alpha value is -1.79. The molecule has 0 radical (unpaired) electrons. The Morgan fingerprint density at radius 3 is 2.71 bits per heavy atom. The molecule has 1 aliphatic heterocycles. The smallest absolute Gasteiger partial charge is 0.334 e. The Labute approximate surface area is 216 Å². The van der Waals surface area contributed by atoms with E-state index in [0.717, 1.165) is 38.0 Å². The first kappa shape index (κ1) is 29.4. The first-order valence-electron chi connectivity index (χ1n) is 13.5. The summed E-state index contributed by atoms with van der Waals surface area (Å²) in [6.07, 6.45) is 15.7. The fourth-order valence-corrected chi connectivity index (χ4v) is 5.18. The van der Waals surface area contributed by atoms with Crippen molar-refractivity contribution in [3.8, 4) is 0 Å². The maximum atomic E-state index is 12.3.